The second kappa shape index (κ2) is 8.06. The zero-order chi connectivity index (χ0) is 21.3. The van der Waals surface area contributed by atoms with Gasteiger partial charge in [-0.25, -0.2) is 0 Å². The number of amides is 1. The van der Waals surface area contributed by atoms with E-state index in [4.69, 9.17) is 14.0 Å². The summed E-state index contributed by atoms with van der Waals surface area (Å²) in [5.74, 6) is 2.07. The number of nitrogens with zero attached hydrogens (tertiary/aromatic N) is 4. The highest BCUT2D eigenvalue weighted by molar-refractivity contribution is 5.97. The quantitative estimate of drug-likeness (QED) is 0.619. The molecule has 1 unspecified atom stereocenters. The average molecular weight is 408 g/mol. The summed E-state index contributed by atoms with van der Waals surface area (Å²) in [5, 5.41) is 4.14. The van der Waals surface area contributed by atoms with Gasteiger partial charge in [0.25, 0.3) is 5.89 Å². The summed E-state index contributed by atoms with van der Waals surface area (Å²) < 4.78 is 16.2. The minimum Gasteiger partial charge on any atom is -0.497 e. The first-order valence-electron chi connectivity index (χ1n) is 9.64. The van der Waals surface area contributed by atoms with Crippen LogP contribution in [0.25, 0.3) is 11.5 Å². The van der Waals surface area contributed by atoms with Crippen LogP contribution in [0, 0.1) is 0 Å². The summed E-state index contributed by atoms with van der Waals surface area (Å²) in [7, 11) is 7.14. The van der Waals surface area contributed by atoms with E-state index in [-0.39, 0.29) is 11.8 Å². The maximum absolute atomic E-state index is 12.7. The lowest BCUT2D eigenvalue weighted by Crippen LogP contribution is -2.24. The molecule has 8 nitrogen and oxygen atoms in total. The zero-order valence-electron chi connectivity index (χ0n) is 17.5. The Kier molecular flexibility index (Phi) is 5.31. The molecule has 1 amide bonds. The first kappa shape index (κ1) is 19.8. The maximum Gasteiger partial charge on any atom is 0.257 e. The van der Waals surface area contributed by atoms with Crippen molar-refractivity contribution in [3.8, 4) is 23.0 Å². The highest BCUT2D eigenvalue weighted by Gasteiger charge is 2.36. The van der Waals surface area contributed by atoms with Crippen LogP contribution in [-0.2, 0) is 4.79 Å². The molecule has 0 bridgehead atoms. The Balaban J connectivity index is 1.54. The van der Waals surface area contributed by atoms with Crippen LogP contribution < -0.4 is 19.3 Å². The van der Waals surface area contributed by atoms with Crippen molar-refractivity contribution in [2.45, 2.75) is 12.3 Å². The number of hydrogen-bond acceptors (Lipinski definition) is 7. The van der Waals surface area contributed by atoms with Gasteiger partial charge in [0.1, 0.15) is 11.5 Å². The van der Waals surface area contributed by atoms with Gasteiger partial charge in [0, 0.05) is 50.3 Å². The Bertz CT molecular complexity index is 1050. The van der Waals surface area contributed by atoms with E-state index in [1.807, 2.05) is 55.4 Å². The number of carbonyl (C=O) groups excluding carboxylic acids is 1. The number of hydrogen-bond donors (Lipinski definition) is 0. The molecule has 2 heterocycles. The number of aromatic nitrogens is 2. The number of anilines is 2. The highest BCUT2D eigenvalue weighted by Crippen LogP contribution is 2.38. The average Bonchev–Trinajstić information content (AvgIpc) is 3.40. The largest absolute Gasteiger partial charge is 0.497 e. The lowest BCUT2D eigenvalue weighted by atomic mass is 10.1. The number of ether oxygens (including phenoxy) is 2. The second-order valence-electron chi connectivity index (χ2n) is 7.34. The van der Waals surface area contributed by atoms with Crippen LogP contribution in [0.4, 0.5) is 11.4 Å². The molecule has 1 saturated heterocycles. The molecule has 156 valence electrons. The summed E-state index contributed by atoms with van der Waals surface area (Å²) >= 11 is 0. The smallest absolute Gasteiger partial charge is 0.257 e. The highest BCUT2D eigenvalue weighted by atomic mass is 16.5. The molecule has 1 aromatic heterocycles. The molecule has 1 fully saturated rings. The predicted molar refractivity (Wildman–Crippen MR) is 113 cm³/mol. The van der Waals surface area contributed by atoms with Gasteiger partial charge in [-0.05, 0) is 36.4 Å². The van der Waals surface area contributed by atoms with Crippen LogP contribution >= 0.6 is 0 Å². The minimum absolute atomic E-state index is 0.00912. The summed E-state index contributed by atoms with van der Waals surface area (Å²) in [5.41, 5.74) is 2.63. The number of carbonyl (C=O) groups is 1. The lowest BCUT2D eigenvalue weighted by Gasteiger charge is -2.19. The van der Waals surface area contributed by atoms with Gasteiger partial charge in [-0.3, -0.25) is 4.79 Å². The van der Waals surface area contributed by atoms with E-state index in [1.54, 1.807) is 25.2 Å². The van der Waals surface area contributed by atoms with Crippen molar-refractivity contribution in [2.75, 3.05) is 44.7 Å². The van der Waals surface area contributed by atoms with Crippen molar-refractivity contribution in [3.63, 3.8) is 0 Å². The van der Waals surface area contributed by atoms with Crippen LogP contribution in [-0.4, -0.2) is 50.9 Å². The van der Waals surface area contributed by atoms with Crippen molar-refractivity contribution < 1.29 is 18.8 Å². The van der Waals surface area contributed by atoms with Gasteiger partial charge in [0.15, 0.2) is 5.82 Å². The molecule has 4 rings (SSSR count). The normalized spacial score (nSPS) is 16.1. The van der Waals surface area contributed by atoms with Crippen LogP contribution in [0.1, 0.15) is 18.2 Å². The Morgan fingerprint density at radius 2 is 1.87 bits per heavy atom. The number of rotatable bonds is 6. The van der Waals surface area contributed by atoms with Crippen LogP contribution in [0.5, 0.6) is 11.5 Å². The van der Waals surface area contributed by atoms with Crippen LogP contribution in [0.15, 0.2) is 47.0 Å². The molecule has 30 heavy (non-hydrogen) atoms. The Hall–Kier alpha value is -3.55. The van der Waals surface area contributed by atoms with Gasteiger partial charge < -0.3 is 23.8 Å². The standard InChI is InChI=1S/C22H24N4O4/c1-25(2)16-7-5-14(6-8-16)22-23-21(24-30-22)15-11-20(27)26(13-15)18-10-9-17(28-3)12-19(18)29-4/h5-10,12,15H,11,13H2,1-4H3. The van der Waals surface area contributed by atoms with Gasteiger partial charge >= 0.3 is 0 Å². The third-order valence-electron chi connectivity index (χ3n) is 5.24. The van der Waals surface area contributed by atoms with Gasteiger partial charge in [-0.15, -0.1) is 0 Å². The maximum atomic E-state index is 12.7. The Morgan fingerprint density at radius 1 is 1.10 bits per heavy atom. The van der Waals surface area contributed by atoms with Gasteiger partial charge in [0.2, 0.25) is 5.91 Å². The lowest BCUT2D eigenvalue weighted by molar-refractivity contribution is -0.117. The summed E-state index contributed by atoms with van der Waals surface area (Å²) in [6.07, 6.45) is 0.313. The summed E-state index contributed by atoms with van der Waals surface area (Å²) in [6.45, 7) is 0.458. The van der Waals surface area contributed by atoms with Crippen LogP contribution in [0.3, 0.4) is 0 Å². The number of benzene rings is 2. The fourth-order valence-electron chi connectivity index (χ4n) is 3.54. The van der Waals surface area contributed by atoms with E-state index < -0.39 is 0 Å². The van der Waals surface area contributed by atoms with E-state index in [9.17, 15) is 4.79 Å². The van der Waals surface area contributed by atoms with Gasteiger partial charge in [-0.1, -0.05) is 5.16 Å². The minimum atomic E-state index is -0.150. The molecule has 8 heteroatoms. The SMILES string of the molecule is COc1ccc(N2CC(c3noc(-c4ccc(N(C)C)cc4)n3)CC2=O)c(OC)c1. The molecule has 0 N–H and O–H groups in total. The van der Waals surface area contributed by atoms with Crippen molar-refractivity contribution in [3.05, 3.63) is 48.3 Å². The molecule has 1 aliphatic heterocycles. The second-order valence-corrected chi connectivity index (χ2v) is 7.34. The molecular formula is C22H24N4O4. The monoisotopic (exact) mass is 408 g/mol. The van der Waals surface area contributed by atoms with E-state index >= 15 is 0 Å². The third-order valence-corrected chi connectivity index (χ3v) is 5.24. The molecule has 0 aliphatic carbocycles. The fourth-order valence-corrected chi connectivity index (χ4v) is 3.54. The van der Waals surface area contributed by atoms with E-state index in [1.165, 1.54) is 0 Å². The molecule has 3 aromatic rings. The molecular weight excluding hydrogens is 384 g/mol. The first-order valence-corrected chi connectivity index (χ1v) is 9.64. The Morgan fingerprint density at radius 3 is 2.53 bits per heavy atom. The summed E-state index contributed by atoms with van der Waals surface area (Å²) in [4.78, 5) is 21.0. The van der Waals surface area contributed by atoms with Crippen molar-refractivity contribution in [1.29, 1.82) is 0 Å². The molecule has 0 spiro atoms. The molecule has 2 aromatic carbocycles. The predicted octanol–water partition coefficient (Wildman–Crippen LogP) is 3.34. The van der Waals surface area contributed by atoms with Crippen molar-refractivity contribution in [1.82, 2.24) is 10.1 Å². The number of methoxy groups -OCH3 is 2. The Labute approximate surface area is 175 Å². The topological polar surface area (TPSA) is 80.9 Å². The molecule has 1 atom stereocenters. The first-order chi connectivity index (χ1) is 14.5. The van der Waals surface area contributed by atoms with E-state index in [0.717, 1.165) is 11.3 Å². The van der Waals surface area contributed by atoms with E-state index in [0.29, 0.717) is 41.9 Å². The zero-order valence-corrected chi connectivity index (χ0v) is 17.5. The van der Waals surface area contributed by atoms with Crippen molar-refractivity contribution >= 4 is 17.3 Å². The molecule has 0 radical (unpaired) electrons. The fraction of sp³-hybridized carbons (Fsp3) is 0.318. The van der Waals surface area contributed by atoms with Crippen LogP contribution in [0.2, 0.25) is 0 Å². The van der Waals surface area contributed by atoms with Gasteiger partial charge in [-0.2, -0.15) is 4.98 Å². The van der Waals surface area contributed by atoms with Crippen molar-refractivity contribution in [2.24, 2.45) is 0 Å². The summed E-state index contributed by atoms with van der Waals surface area (Å²) in [6, 6.07) is 13.3. The van der Waals surface area contributed by atoms with E-state index in [2.05, 4.69) is 10.1 Å². The molecule has 1 aliphatic rings. The third kappa shape index (κ3) is 3.68. The molecule has 0 saturated carbocycles. The van der Waals surface area contributed by atoms with Gasteiger partial charge in [0.05, 0.1) is 19.9 Å².